The second-order valence-corrected chi connectivity index (χ2v) is 8.41. The van der Waals surface area contributed by atoms with Gasteiger partial charge in [-0.3, -0.25) is 9.59 Å². The van der Waals surface area contributed by atoms with Crippen LogP contribution in [0.1, 0.15) is 40.2 Å². The maximum Gasteiger partial charge on any atom is 0.416 e. The van der Waals surface area contributed by atoms with E-state index in [-0.39, 0.29) is 18.1 Å². The van der Waals surface area contributed by atoms with Crippen molar-refractivity contribution in [2.24, 2.45) is 11.8 Å². The number of benzene rings is 2. The Morgan fingerprint density at radius 3 is 1.91 bits per heavy atom. The summed E-state index contributed by atoms with van der Waals surface area (Å²) < 4.78 is 80.2. The SMILES string of the molecule is Cc1cccc(C)c1N1C(=O)[C@H]2[C@@H](c3cc(C(F)(F)F)cc(C(F)(F)F)c3)C=CC[C@H]2C1=O. The van der Waals surface area contributed by atoms with Crippen molar-refractivity contribution in [2.75, 3.05) is 4.90 Å². The van der Waals surface area contributed by atoms with Gasteiger partial charge in [0.2, 0.25) is 11.8 Å². The molecule has 1 heterocycles. The third kappa shape index (κ3) is 3.94. The number of rotatable bonds is 2. The third-order valence-corrected chi connectivity index (χ3v) is 6.25. The highest BCUT2D eigenvalue weighted by molar-refractivity contribution is 6.23. The normalized spacial score (nSPS) is 23.3. The molecule has 0 bridgehead atoms. The number of aryl methyl sites for hydroxylation is 2. The van der Waals surface area contributed by atoms with Gasteiger partial charge in [-0.2, -0.15) is 26.3 Å². The third-order valence-electron chi connectivity index (χ3n) is 6.25. The summed E-state index contributed by atoms with van der Waals surface area (Å²) in [5, 5.41) is 0. The van der Waals surface area contributed by atoms with Gasteiger partial charge in [-0.25, -0.2) is 4.90 Å². The smallest absolute Gasteiger partial charge is 0.274 e. The number of alkyl halides is 6. The van der Waals surface area contributed by atoms with Crippen LogP contribution in [0.2, 0.25) is 0 Å². The molecule has 0 unspecified atom stereocenters. The molecule has 3 nitrogen and oxygen atoms in total. The summed E-state index contributed by atoms with van der Waals surface area (Å²) in [6.07, 6.45) is -6.87. The first-order chi connectivity index (χ1) is 15.3. The molecule has 3 atom stereocenters. The minimum absolute atomic E-state index is 0.0537. The summed E-state index contributed by atoms with van der Waals surface area (Å²) in [7, 11) is 0. The lowest BCUT2D eigenvalue weighted by Crippen LogP contribution is -2.33. The fourth-order valence-electron chi connectivity index (χ4n) is 4.76. The molecule has 174 valence electrons. The van der Waals surface area contributed by atoms with Gasteiger partial charge in [-0.1, -0.05) is 30.4 Å². The molecule has 2 amide bonds. The van der Waals surface area contributed by atoms with E-state index in [1.165, 1.54) is 6.08 Å². The van der Waals surface area contributed by atoms with Crippen LogP contribution in [0.4, 0.5) is 32.0 Å². The van der Waals surface area contributed by atoms with Gasteiger partial charge in [-0.05, 0) is 55.2 Å². The van der Waals surface area contributed by atoms with Gasteiger partial charge >= 0.3 is 12.4 Å². The molecule has 0 radical (unpaired) electrons. The number of allylic oxidation sites excluding steroid dienone is 2. The van der Waals surface area contributed by atoms with Gasteiger partial charge in [0.15, 0.2) is 0 Å². The topological polar surface area (TPSA) is 37.4 Å². The van der Waals surface area contributed by atoms with E-state index in [1.54, 1.807) is 38.1 Å². The summed E-state index contributed by atoms with van der Waals surface area (Å²) in [5.74, 6) is -4.18. The zero-order valence-electron chi connectivity index (χ0n) is 17.6. The minimum atomic E-state index is -5.01. The maximum atomic E-state index is 13.4. The fourth-order valence-corrected chi connectivity index (χ4v) is 4.76. The van der Waals surface area contributed by atoms with E-state index < -0.39 is 53.0 Å². The quantitative estimate of drug-likeness (QED) is 0.300. The highest BCUT2D eigenvalue weighted by Gasteiger charge is 2.53. The van der Waals surface area contributed by atoms with Crippen LogP contribution in [0.3, 0.4) is 0 Å². The largest absolute Gasteiger partial charge is 0.416 e. The van der Waals surface area contributed by atoms with Crippen LogP contribution < -0.4 is 4.90 Å². The van der Waals surface area contributed by atoms with Gasteiger partial charge in [0.05, 0.1) is 28.7 Å². The van der Waals surface area contributed by atoms with E-state index in [4.69, 9.17) is 0 Å². The van der Waals surface area contributed by atoms with Gasteiger partial charge in [0, 0.05) is 5.92 Å². The molecule has 2 aromatic carbocycles. The molecule has 1 aliphatic carbocycles. The van der Waals surface area contributed by atoms with E-state index in [0.717, 1.165) is 4.90 Å². The molecule has 33 heavy (non-hydrogen) atoms. The van der Waals surface area contributed by atoms with E-state index in [9.17, 15) is 35.9 Å². The van der Waals surface area contributed by atoms with Crippen LogP contribution in [-0.2, 0) is 21.9 Å². The Labute approximate surface area is 185 Å². The van der Waals surface area contributed by atoms with E-state index in [0.29, 0.717) is 28.9 Å². The van der Waals surface area contributed by atoms with Gasteiger partial charge in [-0.15, -0.1) is 0 Å². The average Bonchev–Trinajstić information content (AvgIpc) is 2.97. The van der Waals surface area contributed by atoms with Crippen LogP contribution in [-0.4, -0.2) is 11.8 Å². The second kappa shape index (κ2) is 7.74. The summed E-state index contributed by atoms with van der Waals surface area (Å²) in [5.41, 5.74) is -1.47. The number of para-hydroxylation sites is 1. The molecule has 1 aliphatic heterocycles. The lowest BCUT2D eigenvalue weighted by Gasteiger charge is -2.28. The van der Waals surface area contributed by atoms with Crippen molar-refractivity contribution in [1.29, 1.82) is 0 Å². The predicted octanol–water partition coefficient (Wildman–Crippen LogP) is 6.19. The minimum Gasteiger partial charge on any atom is -0.274 e. The number of fused-ring (bicyclic) bond motifs is 1. The average molecular weight is 467 g/mol. The van der Waals surface area contributed by atoms with Crippen LogP contribution in [0.5, 0.6) is 0 Å². The number of anilines is 1. The van der Waals surface area contributed by atoms with Crippen LogP contribution >= 0.6 is 0 Å². The summed E-state index contributed by atoms with van der Waals surface area (Å²) in [6.45, 7) is 3.45. The molecular weight excluding hydrogens is 448 g/mol. The van der Waals surface area contributed by atoms with E-state index in [1.807, 2.05) is 0 Å². The summed E-state index contributed by atoms with van der Waals surface area (Å²) >= 11 is 0. The lowest BCUT2D eigenvalue weighted by molar-refractivity contribution is -0.143. The number of carbonyl (C=O) groups excluding carboxylic acids is 2. The monoisotopic (exact) mass is 467 g/mol. The van der Waals surface area contributed by atoms with Gasteiger partial charge in [0.1, 0.15) is 0 Å². The number of halogens is 6. The number of hydrogen-bond acceptors (Lipinski definition) is 2. The first-order valence-corrected chi connectivity index (χ1v) is 10.2. The molecule has 0 aromatic heterocycles. The zero-order valence-corrected chi connectivity index (χ0v) is 17.6. The van der Waals surface area contributed by atoms with Gasteiger partial charge in [0.25, 0.3) is 0 Å². The van der Waals surface area contributed by atoms with Crippen molar-refractivity contribution in [3.05, 3.63) is 76.4 Å². The molecule has 0 saturated carbocycles. The first-order valence-electron chi connectivity index (χ1n) is 10.2. The maximum absolute atomic E-state index is 13.4. The number of nitrogens with zero attached hydrogens (tertiary/aromatic N) is 1. The number of hydrogen-bond donors (Lipinski definition) is 0. The molecule has 9 heteroatoms. The molecule has 1 fully saturated rings. The Balaban J connectivity index is 1.83. The molecule has 0 spiro atoms. The molecule has 1 saturated heterocycles. The molecule has 2 aliphatic rings. The van der Waals surface area contributed by atoms with Crippen LogP contribution in [0.15, 0.2) is 48.6 Å². The van der Waals surface area contributed by atoms with E-state index >= 15 is 0 Å². The molecule has 0 N–H and O–H groups in total. The Bertz CT molecular complexity index is 1110. The Morgan fingerprint density at radius 2 is 1.39 bits per heavy atom. The highest BCUT2D eigenvalue weighted by atomic mass is 19.4. The predicted molar refractivity (Wildman–Crippen MR) is 108 cm³/mol. The van der Waals surface area contributed by atoms with Crippen molar-refractivity contribution in [3.63, 3.8) is 0 Å². The lowest BCUT2D eigenvalue weighted by atomic mass is 9.74. The summed E-state index contributed by atoms with van der Waals surface area (Å²) in [6, 6.07) is 6.53. The van der Waals surface area contributed by atoms with Crippen molar-refractivity contribution in [1.82, 2.24) is 0 Å². The van der Waals surface area contributed by atoms with E-state index in [2.05, 4.69) is 0 Å². The Hall–Kier alpha value is -3.10. The standard InChI is InChI=1S/C24H19F6NO2/c1-12-5-3-6-13(2)20(12)31-21(32)18-8-4-7-17(19(18)22(31)33)14-9-15(23(25,26)27)11-16(10-14)24(28,29)30/h3-7,9-11,17-19H,8H2,1-2H3/t17-,18-,19+/m1/s1. The van der Waals surface area contributed by atoms with Crippen molar-refractivity contribution in [2.45, 2.75) is 38.5 Å². The Kier molecular flexibility index (Phi) is 5.41. The number of carbonyl (C=O) groups is 2. The second-order valence-electron chi connectivity index (χ2n) is 8.41. The van der Waals surface area contributed by atoms with Gasteiger partial charge < -0.3 is 0 Å². The number of imide groups is 1. The highest BCUT2D eigenvalue weighted by Crippen LogP contribution is 2.47. The van der Waals surface area contributed by atoms with Crippen molar-refractivity contribution in [3.8, 4) is 0 Å². The fraction of sp³-hybridized carbons (Fsp3) is 0.333. The molecule has 4 rings (SSSR count). The summed E-state index contributed by atoms with van der Waals surface area (Å²) in [4.78, 5) is 27.7. The van der Waals surface area contributed by atoms with Crippen molar-refractivity contribution < 1.29 is 35.9 Å². The van der Waals surface area contributed by atoms with Crippen LogP contribution in [0.25, 0.3) is 0 Å². The molecular formula is C24H19F6NO2. The first kappa shape index (κ1) is 23.1. The zero-order chi connectivity index (χ0) is 24.3. The van der Waals surface area contributed by atoms with Crippen LogP contribution in [0, 0.1) is 25.7 Å². The number of amides is 2. The Morgan fingerprint density at radius 1 is 0.848 bits per heavy atom. The van der Waals surface area contributed by atoms with Crippen molar-refractivity contribution >= 4 is 17.5 Å². The molecule has 2 aromatic rings.